The number of aromatic nitrogens is 1. The molecule has 8 heteroatoms. The van der Waals surface area contributed by atoms with Crippen LogP contribution in [0.2, 0.25) is 0 Å². The lowest BCUT2D eigenvalue weighted by atomic mass is 9.87. The van der Waals surface area contributed by atoms with E-state index in [2.05, 4.69) is 38.0 Å². The van der Waals surface area contributed by atoms with E-state index in [4.69, 9.17) is 9.26 Å². The van der Waals surface area contributed by atoms with Gasteiger partial charge in [0, 0.05) is 29.1 Å². The predicted octanol–water partition coefficient (Wildman–Crippen LogP) is 6.03. The van der Waals surface area contributed by atoms with Crippen LogP contribution < -0.4 is 14.6 Å². The number of hydrogen-bond donors (Lipinski definition) is 3. The average molecular weight is 479 g/mol. The van der Waals surface area contributed by atoms with Crippen LogP contribution in [0.5, 0.6) is 17.2 Å². The second kappa shape index (κ2) is 11.8. The van der Waals surface area contributed by atoms with Crippen LogP contribution in [0.25, 0.3) is 0 Å². The van der Waals surface area contributed by atoms with Crippen molar-refractivity contribution in [3.05, 3.63) is 41.2 Å². The number of pyridine rings is 1. The zero-order chi connectivity index (χ0) is 24.8. The number of nitrogens with zero attached hydrogens (tertiary/aromatic N) is 1. The fourth-order valence-electron chi connectivity index (χ4n) is 3.85. The maximum atomic E-state index is 13.2. The molecule has 0 saturated carbocycles. The highest BCUT2D eigenvalue weighted by molar-refractivity contribution is 7.53. The van der Waals surface area contributed by atoms with E-state index in [1.807, 2.05) is 13.8 Å². The third-order valence-corrected chi connectivity index (χ3v) is 6.13. The lowest BCUT2D eigenvalue weighted by molar-refractivity contribution is 0.348. The van der Waals surface area contributed by atoms with Gasteiger partial charge in [0.25, 0.3) is 0 Å². The molecule has 2 rings (SSSR count). The molecule has 2 aromatic rings. The molecule has 1 heterocycles. The van der Waals surface area contributed by atoms with E-state index < -0.39 is 7.60 Å². The molecule has 0 aliphatic carbocycles. The highest BCUT2D eigenvalue weighted by Gasteiger charge is 2.31. The van der Waals surface area contributed by atoms with Gasteiger partial charge in [-0.1, -0.05) is 41.5 Å². The smallest absolute Gasteiger partial charge is 0.395 e. The molecule has 7 nitrogen and oxygen atoms in total. The first kappa shape index (κ1) is 27.0. The monoisotopic (exact) mass is 478 g/mol. The van der Waals surface area contributed by atoms with Gasteiger partial charge in [0.05, 0.1) is 12.8 Å². The third kappa shape index (κ3) is 7.65. The van der Waals surface area contributed by atoms with Crippen molar-refractivity contribution in [2.75, 3.05) is 18.7 Å². The Bertz CT molecular complexity index is 961. The Morgan fingerprint density at radius 3 is 2.06 bits per heavy atom. The van der Waals surface area contributed by atoms with E-state index in [1.165, 1.54) is 7.11 Å². The molecular weight excluding hydrogens is 439 g/mol. The van der Waals surface area contributed by atoms with Crippen LogP contribution in [0.15, 0.2) is 24.5 Å². The molecule has 0 saturated heterocycles. The Morgan fingerprint density at radius 2 is 1.55 bits per heavy atom. The fraction of sp³-hybridized carbons (Fsp3) is 0.560. The van der Waals surface area contributed by atoms with Gasteiger partial charge in [-0.3, -0.25) is 4.98 Å². The summed E-state index contributed by atoms with van der Waals surface area (Å²) in [6, 6.07) is 3.52. The molecule has 1 aromatic heterocycles. The second-order valence-corrected chi connectivity index (χ2v) is 11.5. The van der Waals surface area contributed by atoms with Crippen molar-refractivity contribution < 1.29 is 23.8 Å². The second-order valence-electron chi connectivity index (χ2n) is 9.75. The molecule has 0 aliphatic heterocycles. The lowest BCUT2D eigenvalue weighted by Crippen LogP contribution is -2.14. The topological polar surface area (TPSA) is 101 Å². The number of hydrogen-bond acceptors (Lipinski definition) is 6. The predicted molar refractivity (Wildman–Crippen MR) is 133 cm³/mol. The maximum absolute atomic E-state index is 13.2. The molecule has 184 valence electrons. The SMILES string of the molecule is COc1c(O)c(CC(C)C)c(CC(C)C)c(OP(=O)(O)CNc2cccnc2)c1CC(C)C. The maximum Gasteiger partial charge on any atom is 0.395 e. The van der Waals surface area contributed by atoms with E-state index in [1.54, 1.807) is 24.5 Å². The van der Waals surface area contributed by atoms with Gasteiger partial charge in [0.15, 0.2) is 11.5 Å². The van der Waals surface area contributed by atoms with E-state index in [9.17, 15) is 14.6 Å². The van der Waals surface area contributed by atoms with Gasteiger partial charge in [-0.25, -0.2) is 4.57 Å². The normalized spacial score (nSPS) is 13.4. The summed E-state index contributed by atoms with van der Waals surface area (Å²) in [6.45, 7) is 12.4. The Kier molecular flexibility index (Phi) is 9.62. The minimum Gasteiger partial charge on any atom is -0.504 e. The average Bonchev–Trinajstić information content (AvgIpc) is 2.72. The molecule has 0 bridgehead atoms. The number of benzene rings is 1. The number of ether oxygens (including phenoxy) is 1. The number of methoxy groups -OCH3 is 1. The van der Waals surface area contributed by atoms with Crippen molar-refractivity contribution in [1.29, 1.82) is 0 Å². The molecule has 0 fully saturated rings. The van der Waals surface area contributed by atoms with Gasteiger partial charge in [-0.2, -0.15) is 0 Å². The summed E-state index contributed by atoms with van der Waals surface area (Å²) in [4.78, 5) is 14.8. The molecule has 0 radical (unpaired) electrons. The Labute approximate surface area is 198 Å². The minimum absolute atomic E-state index is 0.103. The summed E-state index contributed by atoms with van der Waals surface area (Å²) < 4.78 is 24.8. The molecule has 1 atom stereocenters. The van der Waals surface area contributed by atoms with Gasteiger partial charge < -0.3 is 24.6 Å². The lowest BCUT2D eigenvalue weighted by Gasteiger charge is -2.27. The third-order valence-electron chi connectivity index (χ3n) is 5.11. The van der Waals surface area contributed by atoms with Crippen molar-refractivity contribution in [3.8, 4) is 17.2 Å². The van der Waals surface area contributed by atoms with Crippen LogP contribution in [0.1, 0.15) is 58.2 Å². The van der Waals surface area contributed by atoms with Gasteiger partial charge in [0.1, 0.15) is 12.0 Å². The van der Waals surface area contributed by atoms with Crippen molar-refractivity contribution in [2.24, 2.45) is 17.8 Å². The molecule has 0 amide bonds. The number of phenols is 1. The van der Waals surface area contributed by atoms with Crippen LogP contribution in [0.4, 0.5) is 5.69 Å². The summed E-state index contributed by atoms with van der Waals surface area (Å²) in [5, 5.41) is 14.1. The number of rotatable bonds is 12. The largest absolute Gasteiger partial charge is 0.504 e. The Morgan fingerprint density at radius 1 is 0.970 bits per heavy atom. The van der Waals surface area contributed by atoms with Gasteiger partial charge >= 0.3 is 7.60 Å². The van der Waals surface area contributed by atoms with Crippen LogP contribution in [0, 0.1) is 17.8 Å². The van der Waals surface area contributed by atoms with Gasteiger partial charge in [-0.15, -0.1) is 0 Å². The summed E-state index contributed by atoms with van der Waals surface area (Å²) in [6.07, 6.45) is 4.69. The molecule has 33 heavy (non-hydrogen) atoms. The van der Waals surface area contributed by atoms with Crippen molar-refractivity contribution >= 4 is 13.3 Å². The molecule has 1 unspecified atom stereocenters. The van der Waals surface area contributed by atoms with Gasteiger partial charge in [0.2, 0.25) is 0 Å². The summed E-state index contributed by atoms with van der Waals surface area (Å²) in [5.74, 6) is 1.53. The molecule has 1 aromatic carbocycles. The number of aromatic hydroxyl groups is 1. The van der Waals surface area contributed by atoms with Crippen LogP contribution in [-0.4, -0.2) is 28.4 Å². The fourth-order valence-corrected chi connectivity index (χ4v) is 4.81. The van der Waals surface area contributed by atoms with E-state index in [0.29, 0.717) is 42.0 Å². The first-order valence-electron chi connectivity index (χ1n) is 11.5. The molecule has 0 aliphatic rings. The highest BCUT2D eigenvalue weighted by atomic mass is 31.2. The molecular formula is C25H39N2O5P. The van der Waals surface area contributed by atoms with Crippen molar-refractivity contribution in [1.82, 2.24) is 4.98 Å². The van der Waals surface area contributed by atoms with Crippen LogP contribution in [-0.2, 0) is 23.8 Å². The Balaban J connectivity index is 2.62. The summed E-state index contributed by atoms with van der Waals surface area (Å²) >= 11 is 0. The van der Waals surface area contributed by atoms with E-state index >= 15 is 0 Å². The first-order chi connectivity index (χ1) is 15.4. The van der Waals surface area contributed by atoms with Crippen LogP contribution >= 0.6 is 7.60 Å². The minimum atomic E-state index is -4.10. The Hall–Kier alpha value is -2.24. The highest BCUT2D eigenvalue weighted by Crippen LogP contribution is 2.52. The standard InChI is InChI=1S/C25H39N2O5P/c1-16(2)11-20-21(12-17(3)4)24(22(13-18(5)6)25(31-7)23(20)28)32-33(29,30)15-27-19-9-8-10-26-14-19/h8-10,14,16-18,27-28H,11-13,15H2,1-7H3,(H,29,30). The van der Waals surface area contributed by atoms with E-state index in [0.717, 1.165) is 11.1 Å². The zero-order valence-electron chi connectivity index (χ0n) is 20.9. The van der Waals surface area contributed by atoms with Crippen LogP contribution in [0.3, 0.4) is 0 Å². The molecule has 0 spiro atoms. The van der Waals surface area contributed by atoms with E-state index in [-0.39, 0.29) is 29.8 Å². The summed E-state index contributed by atoms with van der Waals surface area (Å²) in [7, 11) is -2.59. The number of phenolic OH excluding ortho intramolecular Hbond substituents is 1. The number of anilines is 1. The van der Waals surface area contributed by atoms with Gasteiger partial charge in [-0.05, 0) is 49.1 Å². The quantitative estimate of drug-likeness (QED) is 0.320. The van der Waals surface area contributed by atoms with Crippen molar-refractivity contribution in [3.63, 3.8) is 0 Å². The van der Waals surface area contributed by atoms with Crippen molar-refractivity contribution in [2.45, 2.75) is 60.8 Å². The number of nitrogens with one attached hydrogen (secondary N) is 1. The summed E-state index contributed by atoms with van der Waals surface area (Å²) in [5.41, 5.74) is 2.76. The molecule has 3 N–H and O–H groups in total. The zero-order valence-corrected chi connectivity index (χ0v) is 21.8. The first-order valence-corrected chi connectivity index (χ1v) is 13.3.